The van der Waals surface area contributed by atoms with Crippen LogP contribution in [0.15, 0.2) is 35.7 Å². The first-order valence-corrected chi connectivity index (χ1v) is 7.48. The molecule has 0 atom stereocenters. The molecule has 1 amide bonds. The van der Waals surface area contributed by atoms with Crippen LogP contribution in [0.1, 0.15) is 26.4 Å². The third kappa shape index (κ3) is 4.16. The first-order valence-electron chi connectivity index (χ1n) is 6.60. The first-order chi connectivity index (χ1) is 10.1. The van der Waals surface area contributed by atoms with Crippen LogP contribution in [0.4, 0.5) is 0 Å². The molecule has 1 heterocycles. The average molecular weight is 303 g/mol. The van der Waals surface area contributed by atoms with Gasteiger partial charge >= 0.3 is 5.97 Å². The Balaban J connectivity index is 1.79. The van der Waals surface area contributed by atoms with Crippen molar-refractivity contribution in [2.45, 2.75) is 20.4 Å². The molecule has 5 heteroatoms. The smallest absolute Gasteiger partial charge is 0.349 e. The number of benzene rings is 1. The summed E-state index contributed by atoms with van der Waals surface area (Å²) in [5.41, 5.74) is 3.03. The van der Waals surface area contributed by atoms with Crippen LogP contribution in [0.3, 0.4) is 0 Å². The Morgan fingerprint density at radius 1 is 1.14 bits per heavy atom. The van der Waals surface area contributed by atoms with Gasteiger partial charge in [0.05, 0.1) is 0 Å². The Kier molecular flexibility index (Phi) is 5.11. The number of hydrogen-bond donors (Lipinski definition) is 1. The molecule has 0 spiro atoms. The summed E-state index contributed by atoms with van der Waals surface area (Å²) in [5.74, 6) is -0.755. The van der Waals surface area contributed by atoms with Crippen LogP contribution < -0.4 is 5.32 Å². The van der Waals surface area contributed by atoms with Crippen LogP contribution in [0.2, 0.25) is 0 Å². The number of ether oxygens (including phenoxy) is 1. The van der Waals surface area contributed by atoms with Gasteiger partial charge in [0, 0.05) is 6.54 Å². The number of carbonyl (C=O) groups excluding carboxylic acids is 2. The number of hydrogen-bond acceptors (Lipinski definition) is 4. The summed E-state index contributed by atoms with van der Waals surface area (Å²) in [6.07, 6.45) is 0. The van der Waals surface area contributed by atoms with Crippen LogP contribution >= 0.6 is 11.3 Å². The van der Waals surface area contributed by atoms with Crippen molar-refractivity contribution in [1.82, 2.24) is 5.32 Å². The van der Waals surface area contributed by atoms with Crippen molar-refractivity contribution in [2.24, 2.45) is 0 Å². The van der Waals surface area contributed by atoms with E-state index in [0.717, 1.165) is 16.7 Å². The van der Waals surface area contributed by atoms with Crippen molar-refractivity contribution in [3.05, 3.63) is 57.3 Å². The predicted molar refractivity (Wildman–Crippen MR) is 82.4 cm³/mol. The minimum atomic E-state index is -0.450. The third-order valence-electron chi connectivity index (χ3n) is 3.12. The Morgan fingerprint density at radius 3 is 2.57 bits per heavy atom. The first kappa shape index (κ1) is 15.3. The predicted octanol–water partition coefficient (Wildman–Crippen LogP) is 2.84. The van der Waals surface area contributed by atoms with Crippen molar-refractivity contribution in [3.63, 3.8) is 0 Å². The second-order valence-corrected chi connectivity index (χ2v) is 5.63. The van der Waals surface area contributed by atoms with Gasteiger partial charge in [0.1, 0.15) is 4.88 Å². The lowest BCUT2D eigenvalue weighted by atomic mass is 10.1. The van der Waals surface area contributed by atoms with E-state index in [1.165, 1.54) is 11.3 Å². The number of esters is 1. The second kappa shape index (κ2) is 7.04. The molecule has 0 saturated carbocycles. The Hall–Kier alpha value is -2.14. The highest BCUT2D eigenvalue weighted by Gasteiger charge is 2.13. The maximum absolute atomic E-state index is 11.8. The van der Waals surface area contributed by atoms with Crippen LogP contribution in [0.5, 0.6) is 0 Å². The molecule has 0 aliphatic heterocycles. The third-order valence-corrected chi connectivity index (χ3v) is 4.12. The van der Waals surface area contributed by atoms with Crippen LogP contribution in [-0.2, 0) is 16.1 Å². The van der Waals surface area contributed by atoms with Crippen molar-refractivity contribution in [3.8, 4) is 0 Å². The summed E-state index contributed by atoms with van der Waals surface area (Å²) >= 11 is 1.32. The van der Waals surface area contributed by atoms with Crippen LogP contribution in [-0.4, -0.2) is 18.5 Å². The number of rotatable bonds is 5. The number of carbonyl (C=O) groups is 2. The molecule has 0 fully saturated rings. The fourth-order valence-corrected chi connectivity index (χ4v) is 2.65. The fraction of sp³-hybridized carbons (Fsp3) is 0.250. The molecule has 21 heavy (non-hydrogen) atoms. The van der Waals surface area contributed by atoms with Crippen molar-refractivity contribution >= 4 is 23.2 Å². The normalized spacial score (nSPS) is 10.2. The van der Waals surface area contributed by atoms with Gasteiger partial charge in [-0.1, -0.05) is 24.3 Å². The summed E-state index contributed by atoms with van der Waals surface area (Å²) in [5, 5.41) is 4.57. The van der Waals surface area contributed by atoms with Gasteiger partial charge in [-0.25, -0.2) is 4.79 Å². The van der Waals surface area contributed by atoms with Gasteiger partial charge in [0.2, 0.25) is 0 Å². The highest BCUT2D eigenvalue weighted by Crippen LogP contribution is 2.16. The van der Waals surface area contributed by atoms with Gasteiger partial charge in [-0.2, -0.15) is 0 Å². The lowest BCUT2D eigenvalue weighted by Crippen LogP contribution is -2.28. The molecule has 2 rings (SSSR count). The molecule has 0 aliphatic rings. The van der Waals surface area contributed by atoms with E-state index < -0.39 is 5.97 Å². The Bertz CT molecular complexity index is 648. The zero-order chi connectivity index (χ0) is 15.2. The van der Waals surface area contributed by atoms with Gasteiger partial charge in [-0.05, 0) is 42.0 Å². The molecule has 0 saturated heterocycles. The second-order valence-electron chi connectivity index (χ2n) is 4.71. The van der Waals surface area contributed by atoms with E-state index >= 15 is 0 Å². The highest BCUT2D eigenvalue weighted by molar-refractivity contribution is 7.12. The van der Waals surface area contributed by atoms with Gasteiger partial charge < -0.3 is 10.1 Å². The standard InChI is InChI=1S/C16H17NO3S/c1-11-5-3-4-6-13(11)9-17-14(18)10-20-16(19)15-12(2)7-8-21-15/h3-8H,9-10H2,1-2H3,(H,17,18). The summed E-state index contributed by atoms with van der Waals surface area (Å²) in [6.45, 7) is 4.00. The molecular weight excluding hydrogens is 286 g/mol. The van der Waals surface area contributed by atoms with E-state index in [-0.39, 0.29) is 12.5 Å². The quantitative estimate of drug-likeness (QED) is 0.864. The molecule has 1 aromatic heterocycles. The van der Waals surface area contributed by atoms with Crippen molar-refractivity contribution in [2.75, 3.05) is 6.61 Å². The van der Waals surface area contributed by atoms with E-state index in [1.807, 2.05) is 49.6 Å². The Labute approximate surface area is 127 Å². The lowest BCUT2D eigenvalue weighted by Gasteiger charge is -2.08. The summed E-state index contributed by atoms with van der Waals surface area (Å²) in [6, 6.07) is 9.66. The molecule has 0 bridgehead atoms. The molecular formula is C16H17NO3S. The Morgan fingerprint density at radius 2 is 1.90 bits per heavy atom. The van der Waals surface area contributed by atoms with Gasteiger partial charge in [0.25, 0.3) is 5.91 Å². The minimum Gasteiger partial charge on any atom is -0.451 e. The number of aryl methyl sites for hydroxylation is 2. The van der Waals surface area contributed by atoms with Crippen molar-refractivity contribution < 1.29 is 14.3 Å². The molecule has 0 radical (unpaired) electrons. The summed E-state index contributed by atoms with van der Waals surface area (Å²) in [7, 11) is 0. The maximum atomic E-state index is 11.8. The monoisotopic (exact) mass is 303 g/mol. The number of nitrogens with one attached hydrogen (secondary N) is 1. The number of amides is 1. The molecule has 0 aliphatic carbocycles. The van der Waals surface area contributed by atoms with E-state index in [4.69, 9.17) is 4.74 Å². The van der Waals surface area contributed by atoms with Crippen LogP contribution in [0, 0.1) is 13.8 Å². The van der Waals surface area contributed by atoms with Crippen LogP contribution in [0.25, 0.3) is 0 Å². The van der Waals surface area contributed by atoms with E-state index in [0.29, 0.717) is 11.4 Å². The molecule has 110 valence electrons. The molecule has 1 aromatic carbocycles. The summed E-state index contributed by atoms with van der Waals surface area (Å²) < 4.78 is 5.01. The topological polar surface area (TPSA) is 55.4 Å². The molecule has 2 aromatic rings. The van der Waals surface area contributed by atoms with Gasteiger partial charge in [-0.15, -0.1) is 11.3 Å². The fourth-order valence-electron chi connectivity index (χ4n) is 1.83. The largest absolute Gasteiger partial charge is 0.451 e. The molecule has 1 N–H and O–H groups in total. The lowest BCUT2D eigenvalue weighted by molar-refractivity contribution is -0.124. The van der Waals surface area contributed by atoms with Crippen molar-refractivity contribution in [1.29, 1.82) is 0 Å². The van der Waals surface area contributed by atoms with E-state index in [1.54, 1.807) is 0 Å². The highest BCUT2D eigenvalue weighted by atomic mass is 32.1. The maximum Gasteiger partial charge on any atom is 0.349 e. The summed E-state index contributed by atoms with van der Waals surface area (Å²) in [4.78, 5) is 24.0. The zero-order valence-electron chi connectivity index (χ0n) is 12.0. The number of thiophene rings is 1. The van der Waals surface area contributed by atoms with E-state index in [9.17, 15) is 9.59 Å². The van der Waals surface area contributed by atoms with Gasteiger partial charge in [-0.3, -0.25) is 4.79 Å². The van der Waals surface area contributed by atoms with Gasteiger partial charge in [0.15, 0.2) is 6.61 Å². The molecule has 4 nitrogen and oxygen atoms in total. The molecule has 0 unspecified atom stereocenters. The minimum absolute atomic E-state index is 0.262. The average Bonchev–Trinajstić information content (AvgIpc) is 2.90. The SMILES string of the molecule is Cc1ccccc1CNC(=O)COC(=O)c1sccc1C. The zero-order valence-corrected chi connectivity index (χ0v) is 12.8. The van der Waals surface area contributed by atoms with E-state index in [2.05, 4.69) is 5.32 Å².